The predicted molar refractivity (Wildman–Crippen MR) is 126 cm³/mol. The van der Waals surface area contributed by atoms with E-state index in [4.69, 9.17) is 16.6 Å². The van der Waals surface area contributed by atoms with E-state index in [9.17, 15) is 0 Å². The van der Waals surface area contributed by atoms with Crippen LogP contribution in [-0.4, -0.2) is 52.9 Å². The summed E-state index contributed by atoms with van der Waals surface area (Å²) in [6.07, 6.45) is 6.61. The lowest BCUT2D eigenvalue weighted by Gasteiger charge is -2.20. The second kappa shape index (κ2) is 11.5. The number of pyridine rings is 1. The number of anilines is 1. The summed E-state index contributed by atoms with van der Waals surface area (Å²) in [4.78, 5) is 11.4. The number of rotatable bonds is 7. The summed E-state index contributed by atoms with van der Waals surface area (Å²) in [5.74, 6) is 2.13. The van der Waals surface area contributed by atoms with Crippen LogP contribution in [0.3, 0.4) is 0 Å². The maximum Gasteiger partial charge on any atom is 0.191 e. The predicted octanol–water partition coefficient (Wildman–Crippen LogP) is 3.02. The first-order valence-corrected chi connectivity index (χ1v) is 9.91. The smallest absolute Gasteiger partial charge is 0.191 e. The summed E-state index contributed by atoms with van der Waals surface area (Å²) in [5.41, 5.74) is 0. The Kier molecular flexibility index (Phi) is 9.30. The molecule has 3 rings (SSSR count). The normalized spacial score (nSPS) is 17.9. The minimum atomic E-state index is 0. The van der Waals surface area contributed by atoms with Crippen LogP contribution in [0.4, 0.5) is 5.82 Å². The maximum atomic E-state index is 6.28. The largest absolute Gasteiger partial charge is 0.357 e. The third-order valence-corrected chi connectivity index (χ3v) is 4.83. The fraction of sp³-hybridized carbons (Fsp3) is 0.526. The second-order valence-electron chi connectivity index (χ2n) is 6.94. The monoisotopic (exact) mass is 517 g/mol. The molecule has 9 heteroatoms. The number of nitrogens with one attached hydrogen (secondary N) is 2. The minimum Gasteiger partial charge on any atom is -0.357 e. The Hall–Kier alpha value is -1.55. The summed E-state index contributed by atoms with van der Waals surface area (Å²) in [6, 6.07) is 6.01. The second-order valence-corrected chi connectivity index (χ2v) is 7.34. The first-order chi connectivity index (χ1) is 13.2. The van der Waals surface area contributed by atoms with Gasteiger partial charge in [0.25, 0.3) is 0 Å². The number of guanidine groups is 1. The van der Waals surface area contributed by atoms with E-state index >= 15 is 0 Å². The highest BCUT2D eigenvalue weighted by Crippen LogP contribution is 2.25. The van der Waals surface area contributed by atoms with Gasteiger partial charge in [-0.1, -0.05) is 18.5 Å². The van der Waals surface area contributed by atoms with Crippen LogP contribution in [0.2, 0.25) is 5.02 Å². The van der Waals surface area contributed by atoms with Gasteiger partial charge >= 0.3 is 0 Å². The van der Waals surface area contributed by atoms with Gasteiger partial charge in [0.1, 0.15) is 5.82 Å². The van der Waals surface area contributed by atoms with Crippen molar-refractivity contribution in [3.63, 3.8) is 0 Å². The molecule has 0 radical (unpaired) electrons. The molecule has 2 N–H and O–H groups in total. The Labute approximate surface area is 189 Å². The van der Waals surface area contributed by atoms with Gasteiger partial charge in [-0.3, -0.25) is 9.67 Å². The number of aromatic nitrogens is 3. The van der Waals surface area contributed by atoms with Crippen LogP contribution in [-0.2, 0) is 6.54 Å². The topological polar surface area (TPSA) is 70.4 Å². The minimum absolute atomic E-state index is 0. The van der Waals surface area contributed by atoms with E-state index in [-0.39, 0.29) is 24.0 Å². The van der Waals surface area contributed by atoms with Gasteiger partial charge in [-0.05, 0) is 37.5 Å². The lowest BCUT2D eigenvalue weighted by atomic mass is 10.2. The molecule has 2 atom stereocenters. The van der Waals surface area contributed by atoms with Crippen LogP contribution in [0.5, 0.6) is 0 Å². The third-order valence-electron chi connectivity index (χ3n) is 4.53. The van der Waals surface area contributed by atoms with Gasteiger partial charge in [-0.2, -0.15) is 5.10 Å². The van der Waals surface area contributed by atoms with E-state index in [1.54, 1.807) is 12.4 Å². The van der Waals surface area contributed by atoms with E-state index < -0.39 is 0 Å². The molecule has 0 aliphatic carbocycles. The van der Waals surface area contributed by atoms with E-state index in [2.05, 4.69) is 39.5 Å². The van der Waals surface area contributed by atoms with Crippen molar-refractivity contribution in [2.75, 3.05) is 31.1 Å². The molecule has 2 unspecified atom stereocenters. The van der Waals surface area contributed by atoms with Crippen LogP contribution in [0.25, 0.3) is 0 Å². The van der Waals surface area contributed by atoms with Gasteiger partial charge in [0, 0.05) is 57.4 Å². The Bertz CT molecular complexity index is 738. The lowest BCUT2D eigenvalue weighted by molar-refractivity contribution is 0.457. The number of hydrogen-bond donors (Lipinski definition) is 2. The first-order valence-electron chi connectivity index (χ1n) is 9.53. The zero-order valence-corrected chi connectivity index (χ0v) is 19.5. The highest BCUT2D eigenvalue weighted by atomic mass is 127. The molecule has 154 valence electrons. The molecule has 0 amide bonds. The van der Waals surface area contributed by atoms with Gasteiger partial charge in [-0.25, -0.2) is 4.98 Å². The lowest BCUT2D eigenvalue weighted by Crippen LogP contribution is -2.45. The Balaban J connectivity index is 0.00000280. The Morgan fingerprint density at radius 1 is 1.39 bits per heavy atom. The molecular formula is C19H29ClIN7. The van der Waals surface area contributed by atoms with E-state index in [0.29, 0.717) is 17.0 Å². The van der Waals surface area contributed by atoms with Gasteiger partial charge < -0.3 is 15.5 Å². The van der Waals surface area contributed by atoms with E-state index in [0.717, 1.165) is 50.9 Å². The molecule has 1 saturated heterocycles. The van der Waals surface area contributed by atoms with Crippen LogP contribution in [0.15, 0.2) is 41.8 Å². The number of hydrogen-bond acceptors (Lipinski definition) is 4. The summed E-state index contributed by atoms with van der Waals surface area (Å²) in [6.45, 7) is 8.52. The van der Waals surface area contributed by atoms with Crippen molar-refractivity contribution in [3.05, 3.63) is 41.8 Å². The van der Waals surface area contributed by atoms with E-state index in [1.165, 1.54) is 0 Å². The van der Waals surface area contributed by atoms with Crippen molar-refractivity contribution in [2.24, 2.45) is 10.9 Å². The summed E-state index contributed by atoms with van der Waals surface area (Å²) in [7, 11) is 0. The molecule has 2 aromatic heterocycles. The van der Waals surface area contributed by atoms with Crippen molar-refractivity contribution < 1.29 is 0 Å². The molecular weight excluding hydrogens is 489 g/mol. The maximum absolute atomic E-state index is 6.28. The molecule has 0 spiro atoms. The Morgan fingerprint density at radius 3 is 2.96 bits per heavy atom. The van der Waals surface area contributed by atoms with Crippen molar-refractivity contribution in [2.45, 2.75) is 32.9 Å². The van der Waals surface area contributed by atoms with Crippen molar-refractivity contribution in [1.29, 1.82) is 0 Å². The molecule has 0 aromatic carbocycles. The number of aliphatic imine (C=N–C) groups is 1. The molecule has 28 heavy (non-hydrogen) atoms. The van der Waals surface area contributed by atoms with Gasteiger partial charge in [0.2, 0.25) is 0 Å². The zero-order chi connectivity index (χ0) is 19.1. The van der Waals surface area contributed by atoms with Crippen molar-refractivity contribution in [1.82, 2.24) is 25.4 Å². The van der Waals surface area contributed by atoms with Crippen molar-refractivity contribution in [3.8, 4) is 0 Å². The van der Waals surface area contributed by atoms with Crippen LogP contribution >= 0.6 is 35.6 Å². The van der Waals surface area contributed by atoms with Crippen LogP contribution in [0, 0.1) is 5.92 Å². The Morgan fingerprint density at radius 2 is 2.25 bits per heavy atom. The van der Waals surface area contributed by atoms with Gasteiger partial charge in [0.15, 0.2) is 5.96 Å². The average Bonchev–Trinajstić information content (AvgIpc) is 3.32. The summed E-state index contributed by atoms with van der Waals surface area (Å²) in [5, 5.41) is 11.9. The molecule has 2 aromatic rings. The molecule has 0 bridgehead atoms. The molecule has 7 nitrogen and oxygen atoms in total. The highest BCUT2D eigenvalue weighted by Gasteiger charge is 2.25. The SMILES string of the molecule is CCNC(=NCC(C)Cn1cccn1)NC1CCN(c2ncccc2Cl)C1.I. The first kappa shape index (κ1) is 22.7. The highest BCUT2D eigenvalue weighted by molar-refractivity contribution is 14.0. The fourth-order valence-corrected chi connectivity index (χ4v) is 3.47. The van der Waals surface area contributed by atoms with Crippen molar-refractivity contribution >= 4 is 47.4 Å². The molecule has 0 saturated carbocycles. The van der Waals surface area contributed by atoms with Crippen LogP contribution < -0.4 is 15.5 Å². The fourth-order valence-electron chi connectivity index (χ4n) is 3.23. The quantitative estimate of drug-likeness (QED) is 0.336. The average molecular weight is 518 g/mol. The molecule has 3 heterocycles. The molecule has 1 aliphatic heterocycles. The third kappa shape index (κ3) is 6.51. The van der Waals surface area contributed by atoms with E-state index in [1.807, 2.05) is 29.1 Å². The summed E-state index contributed by atoms with van der Waals surface area (Å²) >= 11 is 6.28. The van der Waals surface area contributed by atoms with Gasteiger partial charge in [-0.15, -0.1) is 24.0 Å². The number of halogens is 2. The zero-order valence-electron chi connectivity index (χ0n) is 16.4. The summed E-state index contributed by atoms with van der Waals surface area (Å²) < 4.78 is 1.95. The number of nitrogens with zero attached hydrogens (tertiary/aromatic N) is 5. The van der Waals surface area contributed by atoms with Crippen LogP contribution in [0.1, 0.15) is 20.3 Å². The van der Waals surface area contributed by atoms with Gasteiger partial charge in [0.05, 0.1) is 5.02 Å². The molecule has 1 aliphatic rings. The molecule has 1 fully saturated rings. The standard InChI is InChI=1S/C19H28ClN7.HI/c1-3-21-19(23-12-15(2)13-27-10-5-9-24-27)25-16-7-11-26(14-16)18-17(20)6-4-8-22-18;/h4-6,8-10,15-16H,3,7,11-14H2,1-2H3,(H2,21,23,25);1H.